The summed E-state index contributed by atoms with van der Waals surface area (Å²) in [6, 6.07) is 10.5. The molecule has 0 amide bonds. The number of hydrogen-bond donors (Lipinski definition) is 0. The van der Waals surface area contributed by atoms with Crippen molar-refractivity contribution >= 4 is 14.9 Å². The van der Waals surface area contributed by atoms with Crippen LogP contribution in [0.25, 0.3) is 0 Å². The minimum absolute atomic E-state index is 1.01. The first-order valence-corrected chi connectivity index (χ1v) is 4.01. The summed E-state index contributed by atoms with van der Waals surface area (Å²) in [6.45, 7) is 0. The van der Waals surface area contributed by atoms with Gasteiger partial charge in [-0.3, -0.25) is 0 Å². The van der Waals surface area contributed by atoms with E-state index in [9.17, 15) is 0 Å². The SMILES string of the molecule is [B][B]CCCc1ccccc1. The molecule has 0 spiro atoms. The van der Waals surface area contributed by atoms with E-state index in [4.69, 9.17) is 7.74 Å². The summed E-state index contributed by atoms with van der Waals surface area (Å²) in [5.41, 5.74) is 1.40. The molecule has 1 aromatic carbocycles. The smallest absolute Gasteiger partial charge is 0.0545 e. The molecule has 0 aromatic heterocycles. The normalized spacial score (nSPS) is 9.45. The number of hydrogen-bond acceptors (Lipinski definition) is 0. The van der Waals surface area contributed by atoms with Gasteiger partial charge in [-0.2, -0.15) is 0 Å². The van der Waals surface area contributed by atoms with Crippen LogP contribution in [-0.2, 0) is 6.42 Å². The standard InChI is InChI=1S/C9H11B2/c10-11-8-4-7-9-5-2-1-3-6-9/h1-3,5-6H,4,7-8H2. The van der Waals surface area contributed by atoms with Crippen LogP contribution in [0.4, 0.5) is 0 Å². The first kappa shape index (κ1) is 8.45. The van der Waals surface area contributed by atoms with Crippen LogP contribution in [-0.4, -0.2) is 14.9 Å². The fraction of sp³-hybridized carbons (Fsp3) is 0.333. The summed E-state index contributed by atoms with van der Waals surface area (Å²) < 4.78 is 0. The highest BCUT2D eigenvalue weighted by molar-refractivity contribution is 6.89. The zero-order chi connectivity index (χ0) is 7.94. The van der Waals surface area contributed by atoms with Crippen molar-refractivity contribution in [3.05, 3.63) is 35.9 Å². The molecular weight excluding hydrogens is 130 g/mol. The van der Waals surface area contributed by atoms with E-state index in [-0.39, 0.29) is 0 Å². The second kappa shape index (κ2) is 5.06. The van der Waals surface area contributed by atoms with Crippen LogP contribution in [0.2, 0.25) is 6.32 Å². The van der Waals surface area contributed by atoms with Crippen molar-refractivity contribution in [2.24, 2.45) is 0 Å². The van der Waals surface area contributed by atoms with Crippen LogP contribution in [0.15, 0.2) is 30.3 Å². The molecule has 0 aliphatic heterocycles. The highest BCUT2D eigenvalue weighted by Crippen LogP contribution is 2.03. The van der Waals surface area contributed by atoms with Crippen molar-refractivity contribution in [1.82, 2.24) is 0 Å². The molecule has 0 saturated carbocycles. The molecule has 2 heteroatoms. The van der Waals surface area contributed by atoms with Crippen LogP contribution in [0, 0.1) is 0 Å². The van der Waals surface area contributed by atoms with Crippen molar-refractivity contribution in [2.75, 3.05) is 0 Å². The third-order valence-electron chi connectivity index (χ3n) is 1.68. The highest BCUT2D eigenvalue weighted by atomic mass is 13.9. The van der Waals surface area contributed by atoms with E-state index in [2.05, 4.69) is 24.3 Å². The van der Waals surface area contributed by atoms with Gasteiger partial charge < -0.3 is 0 Å². The van der Waals surface area contributed by atoms with Gasteiger partial charge >= 0.3 is 0 Å². The van der Waals surface area contributed by atoms with E-state index in [1.165, 1.54) is 5.56 Å². The maximum atomic E-state index is 5.27. The Morgan fingerprint density at radius 2 is 1.91 bits per heavy atom. The summed E-state index contributed by atoms with van der Waals surface area (Å²) in [4.78, 5) is 0. The lowest BCUT2D eigenvalue weighted by molar-refractivity contribution is 0.918. The predicted molar refractivity (Wildman–Crippen MR) is 51.1 cm³/mol. The van der Waals surface area contributed by atoms with E-state index in [0.29, 0.717) is 0 Å². The van der Waals surface area contributed by atoms with Gasteiger partial charge in [0.25, 0.3) is 0 Å². The zero-order valence-corrected chi connectivity index (χ0v) is 6.66. The fourth-order valence-corrected chi connectivity index (χ4v) is 1.07. The second-order valence-electron chi connectivity index (χ2n) is 2.61. The zero-order valence-electron chi connectivity index (χ0n) is 6.66. The van der Waals surface area contributed by atoms with Crippen LogP contribution in [0.3, 0.4) is 0 Å². The molecule has 1 rings (SSSR count). The Kier molecular flexibility index (Phi) is 3.89. The number of rotatable bonds is 4. The first-order chi connectivity index (χ1) is 5.43. The largest absolute Gasteiger partial charge is 0.0892 e. The monoisotopic (exact) mass is 141 g/mol. The lowest BCUT2D eigenvalue weighted by Gasteiger charge is -1.98. The Hall–Kier alpha value is -0.650. The molecule has 53 valence electrons. The van der Waals surface area contributed by atoms with Gasteiger partial charge in [-0.25, -0.2) is 0 Å². The molecule has 0 atom stereocenters. The fourth-order valence-electron chi connectivity index (χ4n) is 1.07. The summed E-state index contributed by atoms with van der Waals surface area (Å²) in [6.07, 6.45) is 3.30. The molecule has 0 unspecified atom stereocenters. The lowest BCUT2D eigenvalue weighted by Crippen LogP contribution is -1.90. The van der Waals surface area contributed by atoms with Crippen molar-refractivity contribution in [2.45, 2.75) is 19.2 Å². The van der Waals surface area contributed by atoms with Crippen molar-refractivity contribution in [1.29, 1.82) is 0 Å². The molecule has 0 aliphatic carbocycles. The Morgan fingerprint density at radius 1 is 1.18 bits per heavy atom. The molecule has 0 saturated heterocycles. The molecule has 0 N–H and O–H groups in total. The average molecular weight is 141 g/mol. The van der Waals surface area contributed by atoms with Crippen molar-refractivity contribution in [3.8, 4) is 0 Å². The average Bonchev–Trinajstić information content (AvgIpc) is 2.07. The number of aryl methyl sites for hydroxylation is 1. The summed E-state index contributed by atoms with van der Waals surface area (Å²) in [5, 5.41) is 0. The second-order valence-corrected chi connectivity index (χ2v) is 2.61. The minimum Gasteiger partial charge on any atom is -0.0892 e. The molecule has 0 bridgehead atoms. The maximum absolute atomic E-state index is 5.27. The predicted octanol–water partition coefficient (Wildman–Crippen LogP) is 1.83. The third-order valence-corrected chi connectivity index (χ3v) is 1.68. The number of benzene rings is 1. The molecule has 0 heterocycles. The van der Waals surface area contributed by atoms with E-state index in [1.54, 1.807) is 7.17 Å². The Balaban J connectivity index is 2.28. The van der Waals surface area contributed by atoms with Gasteiger partial charge in [-0.05, 0) is 12.0 Å². The Morgan fingerprint density at radius 3 is 2.55 bits per heavy atom. The summed E-state index contributed by atoms with van der Waals surface area (Å²) in [5.74, 6) is 0. The quantitative estimate of drug-likeness (QED) is 0.443. The molecular formula is C9H11B2. The van der Waals surface area contributed by atoms with Crippen molar-refractivity contribution < 1.29 is 0 Å². The van der Waals surface area contributed by atoms with Crippen LogP contribution in [0.1, 0.15) is 12.0 Å². The van der Waals surface area contributed by atoms with E-state index in [1.807, 2.05) is 6.07 Å². The minimum atomic E-state index is 1.01. The van der Waals surface area contributed by atoms with Gasteiger partial charge in [0, 0.05) is 7.74 Å². The van der Waals surface area contributed by atoms with Gasteiger partial charge in [0.2, 0.25) is 0 Å². The molecule has 0 aliphatic rings. The van der Waals surface area contributed by atoms with Crippen LogP contribution in [0.5, 0.6) is 0 Å². The summed E-state index contributed by atoms with van der Waals surface area (Å²) in [7, 11) is 6.99. The first-order valence-electron chi connectivity index (χ1n) is 4.01. The van der Waals surface area contributed by atoms with Crippen molar-refractivity contribution in [3.63, 3.8) is 0 Å². The summed E-state index contributed by atoms with van der Waals surface area (Å²) >= 11 is 0. The molecule has 0 nitrogen and oxygen atoms in total. The van der Waals surface area contributed by atoms with E-state index in [0.717, 1.165) is 19.2 Å². The maximum Gasteiger partial charge on any atom is 0.0545 e. The Bertz CT molecular complexity index is 184. The molecule has 3 radical (unpaired) electrons. The molecule has 11 heavy (non-hydrogen) atoms. The van der Waals surface area contributed by atoms with Crippen LogP contribution < -0.4 is 0 Å². The Labute approximate surface area is 70.6 Å². The van der Waals surface area contributed by atoms with Crippen LogP contribution >= 0.6 is 0 Å². The van der Waals surface area contributed by atoms with Gasteiger partial charge in [0.05, 0.1) is 7.17 Å². The van der Waals surface area contributed by atoms with Gasteiger partial charge in [0.1, 0.15) is 0 Å². The molecule has 0 fully saturated rings. The van der Waals surface area contributed by atoms with Gasteiger partial charge in [0.15, 0.2) is 0 Å². The third kappa shape index (κ3) is 3.31. The van der Waals surface area contributed by atoms with Gasteiger partial charge in [-0.1, -0.05) is 43.1 Å². The topological polar surface area (TPSA) is 0 Å². The lowest BCUT2D eigenvalue weighted by atomic mass is 9.53. The van der Waals surface area contributed by atoms with Gasteiger partial charge in [-0.15, -0.1) is 0 Å². The highest BCUT2D eigenvalue weighted by Gasteiger charge is 1.89. The van der Waals surface area contributed by atoms with E-state index >= 15 is 0 Å². The molecule has 1 aromatic rings. The van der Waals surface area contributed by atoms with E-state index < -0.39 is 0 Å².